The number of piperazine rings is 1. The van der Waals surface area contributed by atoms with Crippen LogP contribution in [0.3, 0.4) is 0 Å². The van der Waals surface area contributed by atoms with E-state index in [2.05, 4.69) is 31.9 Å². The highest BCUT2D eigenvalue weighted by atomic mass is 79.9. The summed E-state index contributed by atoms with van der Waals surface area (Å²) >= 11 is 9.30. The zero-order chi connectivity index (χ0) is 23.3. The molecular weight excluding hydrogens is 502 g/mol. The number of carboxylic acid groups (broad SMARTS) is 1. The number of benzene rings is 2. The number of halogens is 2. The molecule has 2 aromatic rings. The van der Waals surface area contributed by atoms with Crippen molar-refractivity contribution in [2.24, 2.45) is 0 Å². The number of hydrogen-bond donors (Lipinski definition) is 4. The number of carbonyl (C=O) groups is 4. The van der Waals surface area contributed by atoms with E-state index >= 15 is 0 Å². The van der Waals surface area contributed by atoms with Gasteiger partial charge in [0.15, 0.2) is 0 Å². The normalized spacial score (nSPS) is 18.9. The summed E-state index contributed by atoms with van der Waals surface area (Å²) in [6, 6.07) is 11.1. The Hall–Kier alpha value is -2.91. The number of nitrogens with one attached hydrogen (secondary N) is 3. The number of amides is 3. The van der Waals surface area contributed by atoms with Gasteiger partial charge in [-0.2, -0.15) is 0 Å². The fourth-order valence-electron chi connectivity index (χ4n) is 3.37. The van der Waals surface area contributed by atoms with Crippen LogP contribution in [-0.2, 0) is 32.0 Å². The Morgan fingerprint density at radius 2 is 1.72 bits per heavy atom. The second kappa shape index (κ2) is 10.6. The van der Waals surface area contributed by atoms with Crippen LogP contribution in [0.1, 0.15) is 17.5 Å². The summed E-state index contributed by atoms with van der Waals surface area (Å²) in [6.45, 7) is 0. The molecule has 0 saturated carbocycles. The van der Waals surface area contributed by atoms with Crippen LogP contribution in [0.25, 0.3) is 0 Å². The fraction of sp³-hybridized carbons (Fsp3) is 0.273. The highest BCUT2D eigenvalue weighted by molar-refractivity contribution is 9.10. The molecule has 3 atom stereocenters. The topological polar surface area (TPSA) is 125 Å². The van der Waals surface area contributed by atoms with E-state index in [1.54, 1.807) is 18.2 Å². The van der Waals surface area contributed by atoms with Gasteiger partial charge in [0.1, 0.15) is 18.1 Å². The number of carboxylic acids is 1. The first-order valence-corrected chi connectivity index (χ1v) is 11.0. The van der Waals surface area contributed by atoms with Crippen molar-refractivity contribution in [2.75, 3.05) is 0 Å². The first-order chi connectivity index (χ1) is 15.2. The zero-order valence-corrected chi connectivity index (χ0v) is 19.2. The number of aliphatic carboxylic acids is 1. The van der Waals surface area contributed by atoms with Crippen molar-refractivity contribution in [3.8, 4) is 0 Å². The summed E-state index contributed by atoms with van der Waals surface area (Å²) in [4.78, 5) is 48.9. The van der Waals surface area contributed by atoms with Crippen molar-refractivity contribution in [1.82, 2.24) is 16.0 Å². The third-order valence-corrected chi connectivity index (χ3v) is 6.01. The van der Waals surface area contributed by atoms with E-state index in [0.29, 0.717) is 21.5 Å². The molecule has 1 fully saturated rings. The molecule has 1 aliphatic heterocycles. The van der Waals surface area contributed by atoms with E-state index in [0.717, 1.165) is 5.56 Å². The van der Waals surface area contributed by atoms with Crippen LogP contribution in [0.5, 0.6) is 0 Å². The minimum atomic E-state index is -1.23. The average Bonchev–Trinajstić information content (AvgIpc) is 2.74. The molecule has 32 heavy (non-hydrogen) atoms. The second-order valence-electron chi connectivity index (χ2n) is 7.41. The van der Waals surface area contributed by atoms with E-state index in [1.165, 1.54) is 0 Å². The lowest BCUT2D eigenvalue weighted by atomic mass is 10.0. The van der Waals surface area contributed by atoms with E-state index in [1.807, 2.05) is 30.3 Å². The number of carbonyl (C=O) groups excluding carboxylic acids is 3. The minimum Gasteiger partial charge on any atom is -0.480 e. The van der Waals surface area contributed by atoms with Gasteiger partial charge >= 0.3 is 5.97 Å². The molecule has 3 rings (SSSR count). The summed E-state index contributed by atoms with van der Waals surface area (Å²) in [5, 5.41) is 17.5. The van der Waals surface area contributed by atoms with Crippen LogP contribution in [0.2, 0.25) is 5.02 Å². The molecule has 0 aliphatic carbocycles. The quantitative estimate of drug-likeness (QED) is 0.421. The van der Waals surface area contributed by atoms with Crippen molar-refractivity contribution >= 4 is 51.2 Å². The molecule has 10 heteroatoms. The molecule has 0 bridgehead atoms. The lowest BCUT2D eigenvalue weighted by Crippen LogP contribution is -2.63. The lowest BCUT2D eigenvalue weighted by Gasteiger charge is -2.29. The Balaban J connectivity index is 1.58. The number of rotatable bonds is 8. The monoisotopic (exact) mass is 521 g/mol. The predicted molar refractivity (Wildman–Crippen MR) is 121 cm³/mol. The van der Waals surface area contributed by atoms with Gasteiger partial charge in [0.25, 0.3) is 0 Å². The predicted octanol–water partition coefficient (Wildman–Crippen LogP) is 1.83. The standard InChI is InChI=1S/C22H21BrClN3O5/c23-15-7-6-14(24)9-13(15)10-18(22(31)32)25-19(28)11-17-21(30)26-16(20(29)27-17)8-12-4-2-1-3-5-12/h1-7,9,16-18H,8,10-11H2,(H,25,28)(H,26,30)(H,27,29)(H,31,32)/t16-,17-,18-/m0/s1. The summed E-state index contributed by atoms with van der Waals surface area (Å²) in [6.07, 6.45) is -0.0619. The summed E-state index contributed by atoms with van der Waals surface area (Å²) in [7, 11) is 0. The number of hydrogen-bond acceptors (Lipinski definition) is 4. The molecule has 1 heterocycles. The molecule has 0 radical (unpaired) electrons. The molecule has 3 amide bonds. The smallest absolute Gasteiger partial charge is 0.326 e. The van der Waals surface area contributed by atoms with E-state index in [-0.39, 0.29) is 12.8 Å². The molecular formula is C22H21BrClN3O5. The molecule has 1 aliphatic rings. The fourth-order valence-corrected chi connectivity index (χ4v) is 3.97. The van der Waals surface area contributed by atoms with E-state index in [9.17, 15) is 24.3 Å². The van der Waals surface area contributed by atoms with Crippen LogP contribution < -0.4 is 16.0 Å². The van der Waals surface area contributed by atoms with Crippen molar-refractivity contribution in [2.45, 2.75) is 37.4 Å². The van der Waals surface area contributed by atoms with Gasteiger partial charge in [-0.1, -0.05) is 57.9 Å². The van der Waals surface area contributed by atoms with Gasteiger partial charge in [-0.05, 0) is 29.3 Å². The molecule has 1 saturated heterocycles. The summed E-state index contributed by atoms with van der Waals surface area (Å²) in [5.41, 5.74) is 1.50. The third kappa shape index (κ3) is 6.30. The van der Waals surface area contributed by atoms with Crippen molar-refractivity contribution in [3.05, 3.63) is 69.2 Å². The Bertz CT molecular complexity index is 1030. The third-order valence-electron chi connectivity index (χ3n) is 5.00. The van der Waals surface area contributed by atoms with Gasteiger partial charge in [-0.15, -0.1) is 0 Å². The van der Waals surface area contributed by atoms with Crippen LogP contribution in [0, 0.1) is 0 Å². The molecule has 0 spiro atoms. The van der Waals surface area contributed by atoms with Gasteiger partial charge < -0.3 is 21.1 Å². The first-order valence-electron chi connectivity index (χ1n) is 9.83. The lowest BCUT2D eigenvalue weighted by molar-refractivity contribution is -0.142. The van der Waals surface area contributed by atoms with Gasteiger partial charge in [0.05, 0.1) is 6.42 Å². The van der Waals surface area contributed by atoms with Crippen LogP contribution in [-0.4, -0.2) is 46.9 Å². The van der Waals surface area contributed by atoms with Gasteiger partial charge in [0.2, 0.25) is 17.7 Å². The largest absolute Gasteiger partial charge is 0.480 e. The average molecular weight is 523 g/mol. The van der Waals surface area contributed by atoms with E-state index < -0.39 is 41.8 Å². The van der Waals surface area contributed by atoms with Crippen LogP contribution >= 0.6 is 27.5 Å². The second-order valence-corrected chi connectivity index (χ2v) is 8.71. The molecule has 4 N–H and O–H groups in total. The van der Waals surface area contributed by atoms with Gasteiger partial charge in [-0.3, -0.25) is 14.4 Å². The van der Waals surface area contributed by atoms with Crippen LogP contribution in [0.4, 0.5) is 0 Å². The van der Waals surface area contributed by atoms with Crippen molar-refractivity contribution in [3.63, 3.8) is 0 Å². The Morgan fingerprint density at radius 3 is 2.41 bits per heavy atom. The molecule has 8 nitrogen and oxygen atoms in total. The van der Waals surface area contributed by atoms with E-state index in [4.69, 9.17) is 11.6 Å². The van der Waals surface area contributed by atoms with Gasteiger partial charge in [0, 0.05) is 22.3 Å². The Morgan fingerprint density at radius 1 is 1.06 bits per heavy atom. The van der Waals surface area contributed by atoms with Crippen molar-refractivity contribution < 1.29 is 24.3 Å². The Labute approximate surface area is 197 Å². The first kappa shape index (κ1) is 23.7. The maximum absolute atomic E-state index is 12.4. The summed E-state index contributed by atoms with van der Waals surface area (Å²) < 4.78 is 0.658. The highest BCUT2D eigenvalue weighted by Gasteiger charge is 2.35. The zero-order valence-electron chi connectivity index (χ0n) is 16.8. The maximum Gasteiger partial charge on any atom is 0.326 e. The van der Waals surface area contributed by atoms with Gasteiger partial charge in [-0.25, -0.2) is 4.79 Å². The molecule has 0 unspecified atom stereocenters. The Kier molecular flexibility index (Phi) is 7.87. The maximum atomic E-state index is 12.4. The van der Waals surface area contributed by atoms with Crippen molar-refractivity contribution in [1.29, 1.82) is 0 Å². The van der Waals surface area contributed by atoms with Crippen LogP contribution in [0.15, 0.2) is 53.0 Å². The molecule has 2 aromatic carbocycles. The highest BCUT2D eigenvalue weighted by Crippen LogP contribution is 2.22. The molecule has 0 aromatic heterocycles. The minimum absolute atomic E-state index is 0.00934. The summed E-state index contributed by atoms with van der Waals surface area (Å²) in [5.74, 6) is -2.79. The SMILES string of the molecule is O=C(C[C@@H]1NC(=O)[C@H](Cc2ccccc2)NC1=O)N[C@@H](Cc1cc(Cl)ccc1Br)C(=O)O. The molecule has 168 valence electrons.